The first kappa shape index (κ1) is 24.5. The summed E-state index contributed by atoms with van der Waals surface area (Å²) in [6.45, 7) is 5.78. The Balaban J connectivity index is 1.62. The quantitative estimate of drug-likeness (QED) is 0.392. The van der Waals surface area contributed by atoms with Gasteiger partial charge in [0.1, 0.15) is 28.7 Å². The van der Waals surface area contributed by atoms with Gasteiger partial charge < -0.3 is 26.2 Å². The van der Waals surface area contributed by atoms with Gasteiger partial charge in [-0.2, -0.15) is 0 Å². The number of benzene rings is 1. The Hall–Kier alpha value is -3.24. The topological polar surface area (TPSA) is 161 Å². The number of carbonyl (C=O) groups excluding carboxylic acids is 3. The molecule has 192 valence electrons. The average Bonchev–Trinajstić information content (AvgIpc) is 2.79. The molecular formula is C26H29FN2O7. The van der Waals surface area contributed by atoms with Crippen molar-refractivity contribution in [3.05, 3.63) is 50.7 Å². The van der Waals surface area contributed by atoms with Gasteiger partial charge in [-0.1, -0.05) is 13.8 Å². The van der Waals surface area contributed by atoms with E-state index in [0.29, 0.717) is 36.6 Å². The second-order valence-electron chi connectivity index (χ2n) is 10.8. The van der Waals surface area contributed by atoms with E-state index in [2.05, 4.69) is 18.7 Å². The molecule has 36 heavy (non-hydrogen) atoms. The fourth-order valence-corrected chi connectivity index (χ4v) is 6.49. The predicted octanol–water partition coefficient (Wildman–Crippen LogP) is 1.73. The van der Waals surface area contributed by atoms with Crippen molar-refractivity contribution < 1.29 is 39.2 Å². The summed E-state index contributed by atoms with van der Waals surface area (Å²) >= 11 is 0. The van der Waals surface area contributed by atoms with E-state index in [4.69, 9.17) is 5.73 Å². The number of amides is 1. The first-order valence-electron chi connectivity index (χ1n) is 12.1. The van der Waals surface area contributed by atoms with Crippen LogP contribution in [0.2, 0.25) is 0 Å². The van der Waals surface area contributed by atoms with E-state index in [1.54, 1.807) is 0 Å². The Morgan fingerprint density at radius 1 is 1.17 bits per heavy atom. The number of hydrogen-bond acceptors (Lipinski definition) is 8. The summed E-state index contributed by atoms with van der Waals surface area (Å²) in [6.07, 6.45) is -0.0429. The van der Waals surface area contributed by atoms with E-state index in [0.717, 1.165) is 6.54 Å². The second-order valence-corrected chi connectivity index (χ2v) is 10.8. The highest BCUT2D eigenvalue weighted by atomic mass is 19.1. The van der Waals surface area contributed by atoms with Gasteiger partial charge in [-0.05, 0) is 31.1 Å². The molecule has 3 aliphatic carbocycles. The monoisotopic (exact) mass is 500 g/mol. The van der Waals surface area contributed by atoms with Gasteiger partial charge in [-0.3, -0.25) is 19.3 Å². The van der Waals surface area contributed by atoms with Crippen molar-refractivity contribution in [3.63, 3.8) is 0 Å². The summed E-state index contributed by atoms with van der Waals surface area (Å²) in [5.74, 6) is -7.26. The number of nitrogens with two attached hydrogens (primary N) is 1. The Kier molecular flexibility index (Phi) is 5.53. The molecule has 1 aromatic rings. The van der Waals surface area contributed by atoms with Crippen LogP contribution in [0.1, 0.15) is 53.7 Å². The third kappa shape index (κ3) is 3.24. The Bertz CT molecular complexity index is 1300. The lowest BCUT2D eigenvalue weighted by molar-refractivity contribution is -0.144. The summed E-state index contributed by atoms with van der Waals surface area (Å²) in [4.78, 5) is 40.4. The molecule has 9 nitrogen and oxygen atoms in total. The molecule has 0 radical (unpaired) electrons. The van der Waals surface area contributed by atoms with Gasteiger partial charge in [0.05, 0.1) is 5.56 Å². The number of rotatable bonds is 3. The Morgan fingerprint density at radius 2 is 1.86 bits per heavy atom. The van der Waals surface area contributed by atoms with Crippen LogP contribution in [-0.4, -0.2) is 61.5 Å². The lowest BCUT2D eigenvalue weighted by Gasteiger charge is -2.45. The van der Waals surface area contributed by atoms with E-state index in [1.807, 2.05) is 0 Å². The number of halogens is 1. The molecule has 0 saturated heterocycles. The highest BCUT2D eigenvalue weighted by Gasteiger charge is 2.60. The molecule has 1 heterocycles. The molecule has 1 amide bonds. The minimum absolute atomic E-state index is 0.0281. The maximum absolute atomic E-state index is 15.9. The molecule has 3 atom stereocenters. The van der Waals surface area contributed by atoms with Crippen LogP contribution in [-0.2, 0) is 29.0 Å². The van der Waals surface area contributed by atoms with Gasteiger partial charge in [0.15, 0.2) is 11.4 Å². The van der Waals surface area contributed by atoms with Crippen LogP contribution in [0.4, 0.5) is 4.39 Å². The van der Waals surface area contributed by atoms with E-state index in [-0.39, 0.29) is 41.7 Å². The van der Waals surface area contributed by atoms with Gasteiger partial charge >= 0.3 is 0 Å². The molecule has 4 aliphatic rings. The van der Waals surface area contributed by atoms with Crippen LogP contribution in [0.3, 0.4) is 0 Å². The highest BCUT2D eigenvalue weighted by Crippen LogP contribution is 2.52. The highest BCUT2D eigenvalue weighted by molar-refractivity contribution is 6.24. The fraction of sp³-hybridized carbons (Fsp3) is 0.500. The van der Waals surface area contributed by atoms with Crippen molar-refractivity contribution in [2.24, 2.45) is 23.5 Å². The molecule has 5 rings (SSSR count). The number of carbonyl (C=O) groups is 3. The number of ketones is 2. The minimum atomic E-state index is -2.63. The lowest BCUT2D eigenvalue weighted by Crippen LogP contribution is -2.57. The standard InChI is InChI=1S/C26H29FN2O7/c1-10(2)8-29-4-3-13-15(9-29)20(27)14-6-11-5-12-7-16(30)19(25(28)35)24(34)26(12,36)23(33)17(11)22(32)18(14)21(13)31/h10-12,30-31,33,36H,3-9H2,1-2H3,(H2,28,35)/t11?,12-,26-/m0/s1. The van der Waals surface area contributed by atoms with Gasteiger partial charge in [0, 0.05) is 54.2 Å². The number of nitrogens with zero attached hydrogens (tertiary/aromatic N) is 1. The smallest absolute Gasteiger partial charge is 0.255 e. The van der Waals surface area contributed by atoms with Gasteiger partial charge in [0.25, 0.3) is 5.91 Å². The lowest BCUT2D eigenvalue weighted by atomic mass is 9.60. The van der Waals surface area contributed by atoms with Crippen molar-refractivity contribution in [2.45, 2.75) is 51.7 Å². The Morgan fingerprint density at radius 3 is 2.50 bits per heavy atom. The first-order valence-corrected chi connectivity index (χ1v) is 12.1. The number of aliphatic hydroxyl groups excluding tert-OH is 2. The van der Waals surface area contributed by atoms with Gasteiger partial charge in [0.2, 0.25) is 5.78 Å². The number of hydrogen-bond donors (Lipinski definition) is 5. The van der Waals surface area contributed by atoms with E-state index in [9.17, 15) is 34.8 Å². The maximum atomic E-state index is 15.9. The predicted molar refractivity (Wildman–Crippen MR) is 125 cm³/mol. The summed E-state index contributed by atoms with van der Waals surface area (Å²) < 4.78 is 15.9. The average molecular weight is 501 g/mol. The van der Waals surface area contributed by atoms with Gasteiger partial charge in [-0.15, -0.1) is 0 Å². The molecule has 0 spiro atoms. The van der Waals surface area contributed by atoms with Crippen LogP contribution in [0.5, 0.6) is 5.75 Å². The summed E-state index contributed by atoms with van der Waals surface area (Å²) in [5, 5.41) is 43.7. The molecule has 1 aromatic carbocycles. The second kappa shape index (κ2) is 8.14. The normalized spacial score (nSPS) is 28.1. The zero-order valence-corrected chi connectivity index (χ0v) is 20.1. The number of primary amides is 1. The zero-order valence-electron chi connectivity index (χ0n) is 20.1. The number of aromatic hydroxyl groups is 1. The third-order valence-corrected chi connectivity index (χ3v) is 8.06. The molecule has 1 aliphatic heterocycles. The van der Waals surface area contributed by atoms with Crippen molar-refractivity contribution in [3.8, 4) is 5.75 Å². The van der Waals surface area contributed by atoms with Gasteiger partial charge in [-0.25, -0.2) is 4.39 Å². The van der Waals surface area contributed by atoms with Crippen LogP contribution >= 0.6 is 0 Å². The number of allylic oxidation sites excluding steroid dienone is 2. The van der Waals surface area contributed by atoms with E-state index in [1.165, 1.54) is 0 Å². The maximum Gasteiger partial charge on any atom is 0.255 e. The van der Waals surface area contributed by atoms with E-state index < -0.39 is 57.8 Å². The molecule has 6 N–H and O–H groups in total. The van der Waals surface area contributed by atoms with E-state index >= 15 is 4.39 Å². The fourth-order valence-electron chi connectivity index (χ4n) is 6.49. The van der Waals surface area contributed by atoms with Crippen LogP contribution < -0.4 is 5.73 Å². The molecule has 0 saturated carbocycles. The zero-order chi connectivity index (χ0) is 26.3. The number of fused-ring (bicyclic) bond motifs is 4. The SMILES string of the molecule is CC(C)CN1CCc2c(O)c3c(c(F)c2C1)CC1C[C@H]2CC(O)=C(C(N)=O)C(=O)[C@@]2(O)C(O)=C1C3=O. The van der Waals surface area contributed by atoms with Crippen molar-refractivity contribution in [1.82, 2.24) is 4.90 Å². The molecule has 1 unspecified atom stereocenters. The van der Waals surface area contributed by atoms with Crippen molar-refractivity contribution in [2.75, 3.05) is 13.1 Å². The molecule has 0 aromatic heterocycles. The first-order chi connectivity index (χ1) is 16.9. The third-order valence-electron chi connectivity index (χ3n) is 8.06. The van der Waals surface area contributed by atoms with Crippen LogP contribution in [0.15, 0.2) is 22.7 Å². The van der Waals surface area contributed by atoms with Crippen LogP contribution in [0, 0.1) is 23.6 Å². The summed E-state index contributed by atoms with van der Waals surface area (Å²) in [6, 6.07) is 0. The largest absolute Gasteiger partial charge is 0.511 e. The molecule has 10 heteroatoms. The number of Topliss-reactive ketones (excluding diaryl/α,β-unsaturated/α-hetero) is 2. The molecular weight excluding hydrogens is 471 g/mol. The summed E-state index contributed by atoms with van der Waals surface area (Å²) in [5.41, 5.74) is 1.96. The number of aliphatic hydroxyl groups is 3. The Labute approximate surface area is 206 Å². The number of phenols is 1. The molecule has 0 fully saturated rings. The molecule has 0 bridgehead atoms. The van der Waals surface area contributed by atoms with Crippen LogP contribution in [0.25, 0.3) is 0 Å². The van der Waals surface area contributed by atoms with Crippen molar-refractivity contribution in [1.29, 1.82) is 0 Å². The van der Waals surface area contributed by atoms with Crippen molar-refractivity contribution >= 4 is 17.5 Å². The summed E-state index contributed by atoms with van der Waals surface area (Å²) in [7, 11) is 0. The minimum Gasteiger partial charge on any atom is -0.511 e. The number of phenolic OH excluding ortho intramolecular Hbond substituents is 1.